The third-order valence-corrected chi connectivity index (χ3v) is 3.25. The molecule has 0 saturated carbocycles. The second kappa shape index (κ2) is 6.74. The predicted octanol–water partition coefficient (Wildman–Crippen LogP) is 3.15. The Bertz CT molecular complexity index is 507. The Morgan fingerprint density at radius 1 is 1.00 bits per heavy atom. The Balaban J connectivity index is 1.82. The monoisotopic (exact) mass is 253 g/mol. The van der Waals surface area contributed by atoms with Crippen LogP contribution in [0.4, 0.5) is 0 Å². The molecule has 2 aromatic rings. The molecule has 1 N–H and O–H groups in total. The summed E-state index contributed by atoms with van der Waals surface area (Å²) in [5.41, 5.74) is 2.30. The van der Waals surface area contributed by atoms with Gasteiger partial charge in [-0.25, -0.2) is 0 Å². The zero-order chi connectivity index (χ0) is 13.5. The number of carbonyl (C=O) groups is 1. The number of amides is 1. The summed E-state index contributed by atoms with van der Waals surface area (Å²) < 4.78 is 0. The van der Waals surface area contributed by atoms with Crippen LogP contribution in [-0.4, -0.2) is 12.5 Å². The summed E-state index contributed by atoms with van der Waals surface area (Å²) in [4.78, 5) is 12.0. The number of benzene rings is 2. The topological polar surface area (TPSA) is 29.1 Å². The van der Waals surface area contributed by atoms with E-state index in [1.807, 2.05) is 55.5 Å². The van der Waals surface area contributed by atoms with E-state index in [2.05, 4.69) is 17.4 Å². The van der Waals surface area contributed by atoms with Crippen molar-refractivity contribution in [3.8, 4) is 0 Å². The molecule has 0 aliphatic heterocycles. The predicted molar refractivity (Wildman–Crippen MR) is 78.0 cm³/mol. The summed E-state index contributed by atoms with van der Waals surface area (Å²) in [6.07, 6.45) is 0.869. The first kappa shape index (κ1) is 13.3. The lowest BCUT2D eigenvalue weighted by molar-refractivity contribution is -0.122. The average Bonchev–Trinajstić information content (AvgIpc) is 2.48. The molecule has 0 aliphatic carbocycles. The SMILES string of the molecule is C[C@H](C(=O)NCCc1ccccc1)c1ccccc1. The Morgan fingerprint density at radius 2 is 1.58 bits per heavy atom. The second-order valence-corrected chi connectivity index (χ2v) is 4.66. The van der Waals surface area contributed by atoms with E-state index in [1.165, 1.54) is 5.56 Å². The van der Waals surface area contributed by atoms with Crippen LogP contribution in [0.25, 0.3) is 0 Å². The summed E-state index contributed by atoms with van der Waals surface area (Å²) in [6.45, 7) is 2.62. The Kier molecular flexibility index (Phi) is 4.73. The van der Waals surface area contributed by atoms with Gasteiger partial charge >= 0.3 is 0 Å². The first-order chi connectivity index (χ1) is 9.27. The third kappa shape index (κ3) is 3.95. The smallest absolute Gasteiger partial charge is 0.227 e. The normalized spacial score (nSPS) is 11.8. The summed E-state index contributed by atoms with van der Waals surface area (Å²) in [7, 11) is 0. The lowest BCUT2D eigenvalue weighted by Gasteiger charge is -2.12. The van der Waals surface area contributed by atoms with Crippen molar-refractivity contribution >= 4 is 5.91 Å². The molecule has 1 amide bonds. The maximum atomic E-state index is 12.0. The minimum absolute atomic E-state index is 0.0853. The molecular weight excluding hydrogens is 234 g/mol. The third-order valence-electron chi connectivity index (χ3n) is 3.25. The van der Waals surface area contributed by atoms with Crippen molar-refractivity contribution in [2.24, 2.45) is 0 Å². The van der Waals surface area contributed by atoms with Crippen molar-refractivity contribution in [1.82, 2.24) is 5.32 Å². The maximum Gasteiger partial charge on any atom is 0.227 e. The molecule has 0 heterocycles. The van der Waals surface area contributed by atoms with Gasteiger partial charge in [-0.15, -0.1) is 0 Å². The van der Waals surface area contributed by atoms with Crippen LogP contribution in [0.5, 0.6) is 0 Å². The number of rotatable bonds is 5. The van der Waals surface area contributed by atoms with E-state index >= 15 is 0 Å². The van der Waals surface area contributed by atoms with Crippen LogP contribution < -0.4 is 5.32 Å². The van der Waals surface area contributed by atoms with Gasteiger partial charge in [0.15, 0.2) is 0 Å². The minimum atomic E-state index is -0.100. The van der Waals surface area contributed by atoms with Gasteiger partial charge in [0.1, 0.15) is 0 Å². The molecule has 0 aromatic heterocycles. The van der Waals surface area contributed by atoms with Gasteiger partial charge in [-0.1, -0.05) is 60.7 Å². The summed E-state index contributed by atoms with van der Waals surface area (Å²) in [5, 5.41) is 2.99. The highest BCUT2D eigenvalue weighted by atomic mass is 16.1. The molecule has 0 radical (unpaired) electrons. The zero-order valence-corrected chi connectivity index (χ0v) is 11.2. The van der Waals surface area contributed by atoms with Crippen molar-refractivity contribution in [2.75, 3.05) is 6.54 Å². The van der Waals surface area contributed by atoms with Crippen LogP contribution in [0, 0.1) is 0 Å². The van der Waals surface area contributed by atoms with Crippen LogP contribution in [-0.2, 0) is 11.2 Å². The largest absolute Gasteiger partial charge is 0.355 e. The van der Waals surface area contributed by atoms with Gasteiger partial charge in [-0.2, -0.15) is 0 Å². The number of nitrogens with one attached hydrogen (secondary N) is 1. The molecule has 98 valence electrons. The quantitative estimate of drug-likeness (QED) is 0.871. The molecule has 0 spiro atoms. The van der Waals surface area contributed by atoms with Crippen molar-refractivity contribution < 1.29 is 4.79 Å². The highest BCUT2D eigenvalue weighted by Gasteiger charge is 2.13. The zero-order valence-electron chi connectivity index (χ0n) is 11.2. The van der Waals surface area contributed by atoms with Crippen molar-refractivity contribution in [1.29, 1.82) is 0 Å². The van der Waals surface area contributed by atoms with E-state index in [0.29, 0.717) is 6.54 Å². The van der Waals surface area contributed by atoms with E-state index in [-0.39, 0.29) is 11.8 Å². The number of carbonyl (C=O) groups excluding carboxylic acids is 1. The Hall–Kier alpha value is -2.09. The summed E-state index contributed by atoms with van der Waals surface area (Å²) in [5.74, 6) is -0.0147. The highest BCUT2D eigenvalue weighted by molar-refractivity contribution is 5.83. The van der Waals surface area contributed by atoms with Gasteiger partial charge in [-0.3, -0.25) is 4.79 Å². The van der Waals surface area contributed by atoms with Crippen LogP contribution in [0.15, 0.2) is 60.7 Å². The standard InChI is InChI=1S/C17H19NO/c1-14(16-10-6-3-7-11-16)17(19)18-13-12-15-8-4-2-5-9-15/h2-11,14H,12-13H2,1H3,(H,18,19)/t14-/m0/s1. The van der Waals surface area contributed by atoms with E-state index in [9.17, 15) is 4.79 Å². The first-order valence-corrected chi connectivity index (χ1v) is 6.64. The molecule has 0 bridgehead atoms. The maximum absolute atomic E-state index is 12.0. The van der Waals surface area contributed by atoms with E-state index < -0.39 is 0 Å². The van der Waals surface area contributed by atoms with E-state index in [4.69, 9.17) is 0 Å². The molecule has 2 aromatic carbocycles. The Morgan fingerprint density at radius 3 is 2.21 bits per heavy atom. The summed E-state index contributed by atoms with van der Waals surface area (Å²) in [6, 6.07) is 20.0. The summed E-state index contributed by atoms with van der Waals surface area (Å²) >= 11 is 0. The highest BCUT2D eigenvalue weighted by Crippen LogP contribution is 2.14. The van der Waals surface area contributed by atoms with Gasteiger partial charge in [-0.05, 0) is 24.5 Å². The van der Waals surface area contributed by atoms with Crippen LogP contribution in [0.2, 0.25) is 0 Å². The van der Waals surface area contributed by atoms with Crippen LogP contribution in [0.3, 0.4) is 0 Å². The van der Waals surface area contributed by atoms with E-state index in [0.717, 1.165) is 12.0 Å². The molecule has 2 heteroatoms. The lowest BCUT2D eigenvalue weighted by atomic mass is 10.0. The van der Waals surface area contributed by atoms with Crippen LogP contribution >= 0.6 is 0 Å². The second-order valence-electron chi connectivity index (χ2n) is 4.66. The average molecular weight is 253 g/mol. The minimum Gasteiger partial charge on any atom is -0.355 e. The molecule has 1 atom stereocenters. The molecule has 0 saturated heterocycles. The molecule has 2 nitrogen and oxygen atoms in total. The fourth-order valence-electron chi connectivity index (χ4n) is 2.02. The number of hydrogen-bond acceptors (Lipinski definition) is 1. The first-order valence-electron chi connectivity index (χ1n) is 6.64. The molecular formula is C17H19NO. The fraction of sp³-hybridized carbons (Fsp3) is 0.235. The van der Waals surface area contributed by atoms with Crippen LogP contribution in [0.1, 0.15) is 24.0 Å². The Labute approximate surface area is 114 Å². The number of hydrogen-bond donors (Lipinski definition) is 1. The van der Waals surface area contributed by atoms with Crippen molar-refractivity contribution in [3.63, 3.8) is 0 Å². The van der Waals surface area contributed by atoms with Gasteiger partial charge in [0, 0.05) is 6.54 Å². The molecule has 2 rings (SSSR count). The fourth-order valence-corrected chi connectivity index (χ4v) is 2.02. The molecule has 0 unspecified atom stereocenters. The van der Waals surface area contributed by atoms with Gasteiger partial charge in [0.25, 0.3) is 0 Å². The van der Waals surface area contributed by atoms with Gasteiger partial charge in [0.05, 0.1) is 5.92 Å². The lowest BCUT2D eigenvalue weighted by Crippen LogP contribution is -2.29. The van der Waals surface area contributed by atoms with Gasteiger partial charge < -0.3 is 5.32 Å². The van der Waals surface area contributed by atoms with Crippen molar-refractivity contribution in [3.05, 3.63) is 71.8 Å². The van der Waals surface area contributed by atoms with Gasteiger partial charge in [0.2, 0.25) is 5.91 Å². The molecule has 0 fully saturated rings. The molecule has 0 aliphatic rings. The van der Waals surface area contributed by atoms with Crippen molar-refractivity contribution in [2.45, 2.75) is 19.3 Å². The van der Waals surface area contributed by atoms with E-state index in [1.54, 1.807) is 0 Å². The molecule has 19 heavy (non-hydrogen) atoms.